The van der Waals surface area contributed by atoms with E-state index in [0.717, 1.165) is 36.3 Å². The Balaban J connectivity index is 1.56. The fourth-order valence-corrected chi connectivity index (χ4v) is 3.69. The highest BCUT2D eigenvalue weighted by molar-refractivity contribution is 5.93. The Hall–Kier alpha value is -2.89. The molecule has 1 aromatic heterocycles. The molecule has 1 atom stereocenters. The first-order valence-electron chi connectivity index (χ1n) is 8.93. The van der Waals surface area contributed by atoms with E-state index in [4.69, 9.17) is 4.74 Å². The van der Waals surface area contributed by atoms with Gasteiger partial charge in [-0.25, -0.2) is 4.98 Å². The summed E-state index contributed by atoms with van der Waals surface area (Å²) in [7, 11) is 0. The van der Waals surface area contributed by atoms with E-state index < -0.39 is 0 Å². The van der Waals surface area contributed by atoms with Gasteiger partial charge in [0.05, 0.1) is 0 Å². The summed E-state index contributed by atoms with van der Waals surface area (Å²) < 4.78 is 6.12. The molecule has 6 nitrogen and oxygen atoms in total. The molecular weight excluding hydrogens is 330 g/mol. The van der Waals surface area contributed by atoms with Crippen molar-refractivity contribution in [2.45, 2.75) is 45.1 Å². The van der Waals surface area contributed by atoms with Crippen LogP contribution in [0.15, 0.2) is 30.5 Å². The Morgan fingerprint density at radius 2 is 2.12 bits per heavy atom. The molecule has 4 rings (SSSR count). The molecule has 0 saturated carbocycles. The van der Waals surface area contributed by atoms with Crippen LogP contribution in [0.2, 0.25) is 0 Å². The van der Waals surface area contributed by atoms with Crippen LogP contribution in [0, 0.1) is 0 Å². The standard InChI is InChI=1S/C20H21N3O3/c1-12(24)22-15-4-2-13-3-5-16(11-14(13)10-15)26-18-8-9-21-20-17(18)6-7-19(25)23-20/h3,5,8-9,11,15H,2,4,6-7,10H2,1H3,(H,22,24)(H,21,23,25)/t15-/m1/s1. The van der Waals surface area contributed by atoms with E-state index in [0.29, 0.717) is 18.7 Å². The number of hydrogen-bond acceptors (Lipinski definition) is 4. The van der Waals surface area contributed by atoms with Crippen LogP contribution in [-0.2, 0) is 28.9 Å². The van der Waals surface area contributed by atoms with Crippen molar-refractivity contribution in [3.05, 3.63) is 47.2 Å². The van der Waals surface area contributed by atoms with E-state index >= 15 is 0 Å². The van der Waals surface area contributed by atoms with Gasteiger partial charge in [0.15, 0.2) is 0 Å². The fraction of sp³-hybridized carbons (Fsp3) is 0.350. The minimum absolute atomic E-state index is 0.0105. The van der Waals surface area contributed by atoms with E-state index in [1.54, 1.807) is 13.1 Å². The Bertz CT molecular complexity index is 879. The largest absolute Gasteiger partial charge is 0.457 e. The van der Waals surface area contributed by atoms with Gasteiger partial charge in [-0.15, -0.1) is 0 Å². The number of nitrogens with one attached hydrogen (secondary N) is 2. The minimum atomic E-state index is -0.0139. The van der Waals surface area contributed by atoms with Gasteiger partial charge in [-0.3, -0.25) is 9.59 Å². The molecule has 0 fully saturated rings. The number of carbonyl (C=O) groups excluding carboxylic acids is 2. The molecular formula is C20H21N3O3. The molecule has 0 saturated heterocycles. The average Bonchev–Trinajstić information content (AvgIpc) is 2.61. The summed E-state index contributed by atoms with van der Waals surface area (Å²) >= 11 is 0. The number of fused-ring (bicyclic) bond motifs is 2. The van der Waals surface area contributed by atoms with Gasteiger partial charge in [-0.1, -0.05) is 6.07 Å². The lowest BCUT2D eigenvalue weighted by Gasteiger charge is -2.25. The molecule has 2 amide bonds. The summed E-state index contributed by atoms with van der Waals surface area (Å²) in [6, 6.07) is 8.14. The second-order valence-electron chi connectivity index (χ2n) is 6.86. The van der Waals surface area contributed by atoms with Crippen molar-refractivity contribution in [1.29, 1.82) is 0 Å². The van der Waals surface area contributed by atoms with Gasteiger partial charge in [0.2, 0.25) is 11.8 Å². The number of benzene rings is 1. The third-order valence-corrected chi connectivity index (χ3v) is 4.91. The maximum atomic E-state index is 11.5. The number of hydrogen-bond donors (Lipinski definition) is 2. The molecule has 0 spiro atoms. The highest BCUT2D eigenvalue weighted by Gasteiger charge is 2.22. The minimum Gasteiger partial charge on any atom is -0.457 e. The van der Waals surface area contributed by atoms with E-state index in [1.165, 1.54) is 11.1 Å². The van der Waals surface area contributed by atoms with E-state index in [-0.39, 0.29) is 17.9 Å². The van der Waals surface area contributed by atoms with Gasteiger partial charge < -0.3 is 15.4 Å². The Morgan fingerprint density at radius 3 is 2.96 bits per heavy atom. The molecule has 6 heteroatoms. The molecule has 2 heterocycles. The van der Waals surface area contributed by atoms with Crippen molar-refractivity contribution in [2.24, 2.45) is 0 Å². The number of carbonyl (C=O) groups is 2. The molecule has 0 bridgehead atoms. The van der Waals surface area contributed by atoms with Gasteiger partial charge >= 0.3 is 0 Å². The maximum Gasteiger partial charge on any atom is 0.225 e. The van der Waals surface area contributed by atoms with Gasteiger partial charge in [0.25, 0.3) is 0 Å². The summed E-state index contributed by atoms with van der Waals surface area (Å²) in [6.45, 7) is 1.56. The zero-order valence-corrected chi connectivity index (χ0v) is 14.7. The van der Waals surface area contributed by atoms with Gasteiger partial charge in [-0.05, 0) is 55.0 Å². The summed E-state index contributed by atoms with van der Waals surface area (Å²) in [5, 5.41) is 5.80. The SMILES string of the molecule is CC(=O)N[C@@H]1CCc2ccc(Oc3ccnc4c3CCC(=O)N4)cc2C1. The predicted octanol–water partition coefficient (Wildman–Crippen LogP) is 2.75. The van der Waals surface area contributed by atoms with Crippen LogP contribution in [-0.4, -0.2) is 22.8 Å². The second-order valence-corrected chi connectivity index (χ2v) is 6.86. The van der Waals surface area contributed by atoms with Crippen molar-refractivity contribution < 1.29 is 14.3 Å². The van der Waals surface area contributed by atoms with Crippen molar-refractivity contribution in [1.82, 2.24) is 10.3 Å². The molecule has 0 radical (unpaired) electrons. The maximum absolute atomic E-state index is 11.5. The van der Waals surface area contributed by atoms with E-state index in [2.05, 4.69) is 27.8 Å². The highest BCUT2D eigenvalue weighted by Crippen LogP contribution is 2.34. The highest BCUT2D eigenvalue weighted by atomic mass is 16.5. The number of nitrogens with zero attached hydrogens (tertiary/aromatic N) is 1. The molecule has 0 unspecified atom stereocenters. The van der Waals surface area contributed by atoms with Crippen LogP contribution in [0.25, 0.3) is 0 Å². The quantitative estimate of drug-likeness (QED) is 0.891. The Kier molecular flexibility index (Phi) is 4.32. The van der Waals surface area contributed by atoms with Crippen molar-refractivity contribution in [3.8, 4) is 11.5 Å². The lowest BCUT2D eigenvalue weighted by atomic mass is 9.88. The number of anilines is 1. The first-order chi connectivity index (χ1) is 12.6. The molecule has 2 aliphatic rings. The fourth-order valence-electron chi connectivity index (χ4n) is 3.69. The predicted molar refractivity (Wildman–Crippen MR) is 97.3 cm³/mol. The number of ether oxygens (including phenoxy) is 1. The smallest absolute Gasteiger partial charge is 0.225 e. The van der Waals surface area contributed by atoms with Crippen LogP contribution in [0.4, 0.5) is 5.82 Å². The van der Waals surface area contributed by atoms with Gasteiger partial charge in [-0.2, -0.15) is 0 Å². The molecule has 1 aliphatic heterocycles. The Morgan fingerprint density at radius 1 is 1.23 bits per heavy atom. The summed E-state index contributed by atoms with van der Waals surface area (Å²) in [5.74, 6) is 2.07. The number of aromatic nitrogens is 1. The normalized spacial score (nSPS) is 18.3. The van der Waals surface area contributed by atoms with Gasteiger partial charge in [0.1, 0.15) is 17.3 Å². The van der Waals surface area contributed by atoms with Crippen LogP contribution < -0.4 is 15.4 Å². The molecule has 134 valence electrons. The lowest BCUT2D eigenvalue weighted by Crippen LogP contribution is -2.37. The van der Waals surface area contributed by atoms with Gasteiger partial charge in [0, 0.05) is 31.1 Å². The van der Waals surface area contributed by atoms with Crippen LogP contribution in [0.5, 0.6) is 11.5 Å². The summed E-state index contributed by atoms with van der Waals surface area (Å²) in [4.78, 5) is 27.1. The first-order valence-corrected chi connectivity index (χ1v) is 8.93. The van der Waals surface area contributed by atoms with E-state index in [1.807, 2.05) is 12.1 Å². The number of rotatable bonds is 3. The Labute approximate surface area is 152 Å². The van der Waals surface area contributed by atoms with E-state index in [9.17, 15) is 9.59 Å². The van der Waals surface area contributed by atoms with Crippen molar-refractivity contribution in [3.63, 3.8) is 0 Å². The van der Waals surface area contributed by atoms with Crippen molar-refractivity contribution in [2.75, 3.05) is 5.32 Å². The number of amides is 2. The zero-order chi connectivity index (χ0) is 18.1. The number of aryl methyl sites for hydroxylation is 1. The topological polar surface area (TPSA) is 80.3 Å². The monoisotopic (exact) mass is 351 g/mol. The van der Waals surface area contributed by atoms with Crippen molar-refractivity contribution >= 4 is 17.6 Å². The third-order valence-electron chi connectivity index (χ3n) is 4.91. The van der Waals surface area contributed by atoms with Crippen LogP contribution >= 0.6 is 0 Å². The molecule has 2 N–H and O–H groups in total. The van der Waals surface area contributed by atoms with Crippen LogP contribution in [0.3, 0.4) is 0 Å². The third kappa shape index (κ3) is 3.40. The second kappa shape index (κ2) is 6.78. The van der Waals surface area contributed by atoms with Crippen LogP contribution in [0.1, 0.15) is 36.5 Å². The zero-order valence-electron chi connectivity index (χ0n) is 14.7. The summed E-state index contributed by atoms with van der Waals surface area (Å²) in [6.07, 6.45) is 5.45. The average molecular weight is 351 g/mol. The summed E-state index contributed by atoms with van der Waals surface area (Å²) in [5.41, 5.74) is 3.45. The lowest BCUT2D eigenvalue weighted by molar-refractivity contribution is -0.119. The molecule has 26 heavy (non-hydrogen) atoms. The first kappa shape index (κ1) is 16.6. The molecule has 2 aromatic rings. The molecule has 1 aliphatic carbocycles. The number of pyridine rings is 1. The molecule has 1 aromatic carbocycles.